The Hall–Kier alpha value is -3.18. The number of anilines is 1. The summed E-state index contributed by atoms with van der Waals surface area (Å²) in [6, 6.07) is 8.15. The summed E-state index contributed by atoms with van der Waals surface area (Å²) >= 11 is 0. The molecule has 2 aliphatic heterocycles. The minimum atomic E-state index is -3.83. The summed E-state index contributed by atoms with van der Waals surface area (Å²) in [4.78, 5) is 23.8. The van der Waals surface area contributed by atoms with Gasteiger partial charge in [0, 0.05) is 25.8 Å². The molecular weight excluding hydrogens is 434 g/mol. The van der Waals surface area contributed by atoms with Gasteiger partial charge in [0.1, 0.15) is 12.1 Å². The number of ether oxygens (including phenoxy) is 1. The Bertz CT molecular complexity index is 1270. The predicted octanol–water partition coefficient (Wildman–Crippen LogP) is 1.93. The normalized spacial score (nSPS) is 21.5. The van der Waals surface area contributed by atoms with E-state index in [9.17, 15) is 18.3 Å². The highest BCUT2D eigenvalue weighted by Gasteiger charge is 2.40. The molecule has 0 radical (unpaired) electrons. The molecule has 1 amide bonds. The first kappa shape index (κ1) is 20.7. The second kappa shape index (κ2) is 7.75. The third-order valence-electron chi connectivity index (χ3n) is 6.13. The Morgan fingerprint density at radius 3 is 2.69 bits per heavy atom. The monoisotopic (exact) mass is 457 g/mol. The van der Waals surface area contributed by atoms with Crippen LogP contribution in [0.15, 0.2) is 47.8 Å². The molecule has 2 aliphatic rings. The number of amides is 1. The number of benzene rings is 1. The van der Waals surface area contributed by atoms with Gasteiger partial charge in [-0.25, -0.2) is 27.2 Å². The summed E-state index contributed by atoms with van der Waals surface area (Å²) in [6.45, 7) is 3.63. The topological polar surface area (TPSA) is 118 Å². The van der Waals surface area contributed by atoms with Gasteiger partial charge in [-0.15, -0.1) is 0 Å². The van der Waals surface area contributed by atoms with Gasteiger partial charge >= 0.3 is 6.09 Å². The maximum Gasteiger partial charge on any atom is 0.407 e. The van der Waals surface area contributed by atoms with E-state index in [1.54, 1.807) is 30.3 Å². The van der Waals surface area contributed by atoms with Crippen molar-refractivity contribution in [2.45, 2.75) is 30.4 Å². The van der Waals surface area contributed by atoms with Gasteiger partial charge in [0.15, 0.2) is 5.65 Å². The van der Waals surface area contributed by atoms with Crippen LogP contribution in [0.5, 0.6) is 0 Å². The summed E-state index contributed by atoms with van der Waals surface area (Å²) in [6.07, 6.45) is 2.37. The van der Waals surface area contributed by atoms with Crippen LogP contribution in [-0.2, 0) is 14.8 Å². The number of aromatic nitrogens is 3. The van der Waals surface area contributed by atoms with E-state index in [0.717, 1.165) is 5.56 Å². The van der Waals surface area contributed by atoms with Crippen LogP contribution >= 0.6 is 0 Å². The van der Waals surface area contributed by atoms with Crippen molar-refractivity contribution in [3.05, 3.63) is 48.4 Å². The zero-order valence-corrected chi connectivity index (χ0v) is 18.3. The molecule has 3 aromatic rings. The van der Waals surface area contributed by atoms with Crippen LogP contribution < -0.4 is 4.90 Å². The lowest BCUT2D eigenvalue weighted by Crippen LogP contribution is -2.61. The van der Waals surface area contributed by atoms with Gasteiger partial charge in [0.05, 0.1) is 29.0 Å². The molecule has 2 saturated heterocycles. The van der Waals surface area contributed by atoms with E-state index >= 15 is 0 Å². The van der Waals surface area contributed by atoms with E-state index in [0.29, 0.717) is 43.9 Å². The molecule has 0 saturated carbocycles. The molecule has 32 heavy (non-hydrogen) atoms. The average molecular weight is 458 g/mol. The molecule has 1 aromatic carbocycles. The van der Waals surface area contributed by atoms with Crippen LogP contribution in [0.4, 0.5) is 10.6 Å². The van der Waals surface area contributed by atoms with Crippen LogP contribution in [0.3, 0.4) is 0 Å². The van der Waals surface area contributed by atoms with E-state index < -0.39 is 16.1 Å². The maximum absolute atomic E-state index is 13.3. The lowest BCUT2D eigenvalue weighted by atomic mass is 9.98. The molecule has 5 rings (SSSR count). The van der Waals surface area contributed by atoms with E-state index in [2.05, 4.69) is 9.97 Å². The average Bonchev–Trinajstić information content (AvgIpc) is 3.24. The minimum absolute atomic E-state index is 0.109. The highest BCUT2D eigenvalue weighted by Crippen LogP contribution is 2.32. The van der Waals surface area contributed by atoms with Gasteiger partial charge in [-0.3, -0.25) is 0 Å². The molecule has 0 bridgehead atoms. The molecule has 11 heteroatoms. The Kier molecular flexibility index (Phi) is 5.01. The van der Waals surface area contributed by atoms with Crippen molar-refractivity contribution in [1.82, 2.24) is 18.8 Å². The highest BCUT2D eigenvalue weighted by atomic mass is 32.2. The SMILES string of the molecule is Cc1ccc(S(=O)(=O)n2ccc3c(N4CCOC5CCN(C(=O)O)CC54)ncnc32)cc1. The second-order valence-corrected chi connectivity index (χ2v) is 9.87. The Morgan fingerprint density at radius 2 is 1.94 bits per heavy atom. The molecule has 0 aliphatic carbocycles. The number of fused-ring (bicyclic) bond motifs is 2. The van der Waals surface area contributed by atoms with E-state index in [-0.39, 0.29) is 22.7 Å². The standard InChI is InChI=1S/C21H23N5O5S/c1-14-2-4-15(5-3-14)32(29,30)26-9-6-16-19(22-13-23-20(16)26)25-10-11-31-18-7-8-24(21(27)28)12-17(18)25/h2-6,9,13,17-18H,7-8,10-12H2,1H3,(H,27,28). The smallest absolute Gasteiger partial charge is 0.407 e. The Morgan fingerprint density at radius 1 is 1.16 bits per heavy atom. The van der Waals surface area contributed by atoms with Crippen LogP contribution in [0.1, 0.15) is 12.0 Å². The van der Waals surface area contributed by atoms with Crippen LogP contribution in [0.2, 0.25) is 0 Å². The van der Waals surface area contributed by atoms with Crippen molar-refractivity contribution < 1.29 is 23.1 Å². The van der Waals surface area contributed by atoms with E-state index in [4.69, 9.17) is 4.74 Å². The van der Waals surface area contributed by atoms with Crippen molar-refractivity contribution >= 4 is 33.0 Å². The van der Waals surface area contributed by atoms with Crippen molar-refractivity contribution in [3.63, 3.8) is 0 Å². The number of carbonyl (C=O) groups is 1. The van der Waals surface area contributed by atoms with Crippen LogP contribution in [0.25, 0.3) is 11.0 Å². The number of hydrogen-bond donors (Lipinski definition) is 1. The van der Waals surface area contributed by atoms with Gasteiger partial charge in [0.2, 0.25) is 0 Å². The second-order valence-electron chi connectivity index (χ2n) is 8.05. The van der Waals surface area contributed by atoms with Crippen LogP contribution in [-0.4, -0.2) is 76.8 Å². The number of carboxylic acid groups (broad SMARTS) is 1. The zero-order valence-electron chi connectivity index (χ0n) is 17.5. The lowest BCUT2D eigenvalue weighted by molar-refractivity contribution is -0.0252. The van der Waals surface area contributed by atoms with Gasteiger partial charge in [-0.1, -0.05) is 17.7 Å². The number of hydrogen-bond acceptors (Lipinski definition) is 7. The summed E-state index contributed by atoms with van der Waals surface area (Å²) in [5.74, 6) is 0.582. The molecule has 4 heterocycles. The summed E-state index contributed by atoms with van der Waals surface area (Å²) < 4.78 is 33.6. The summed E-state index contributed by atoms with van der Waals surface area (Å²) in [7, 11) is -3.83. The number of likely N-dealkylation sites (tertiary alicyclic amines) is 1. The third-order valence-corrected chi connectivity index (χ3v) is 7.81. The van der Waals surface area contributed by atoms with Crippen molar-refractivity contribution in [2.24, 2.45) is 0 Å². The van der Waals surface area contributed by atoms with Crippen molar-refractivity contribution in [3.8, 4) is 0 Å². The lowest BCUT2D eigenvalue weighted by Gasteiger charge is -2.46. The van der Waals surface area contributed by atoms with Gasteiger partial charge in [0.25, 0.3) is 10.0 Å². The first-order chi connectivity index (χ1) is 15.4. The molecule has 2 unspecified atom stereocenters. The molecule has 1 N–H and O–H groups in total. The van der Waals surface area contributed by atoms with E-state index in [1.807, 2.05) is 11.8 Å². The molecule has 0 spiro atoms. The number of nitrogens with zero attached hydrogens (tertiary/aromatic N) is 5. The quantitative estimate of drug-likeness (QED) is 0.634. The number of piperidine rings is 1. The number of morpholine rings is 1. The molecule has 168 valence electrons. The first-order valence-electron chi connectivity index (χ1n) is 10.4. The predicted molar refractivity (Wildman–Crippen MR) is 116 cm³/mol. The minimum Gasteiger partial charge on any atom is -0.465 e. The van der Waals surface area contributed by atoms with Gasteiger partial charge < -0.3 is 19.6 Å². The Labute approximate surface area is 185 Å². The third kappa shape index (κ3) is 3.37. The molecule has 2 aromatic heterocycles. The van der Waals surface area contributed by atoms with Crippen LogP contribution in [0, 0.1) is 6.92 Å². The molecule has 2 fully saturated rings. The molecule has 2 atom stereocenters. The molecular formula is C21H23N5O5S. The summed E-state index contributed by atoms with van der Waals surface area (Å²) in [5, 5.41) is 10.0. The highest BCUT2D eigenvalue weighted by molar-refractivity contribution is 7.90. The van der Waals surface area contributed by atoms with Gasteiger partial charge in [-0.05, 0) is 31.5 Å². The van der Waals surface area contributed by atoms with E-state index in [1.165, 1.54) is 21.4 Å². The number of rotatable bonds is 3. The summed E-state index contributed by atoms with van der Waals surface area (Å²) in [5.41, 5.74) is 1.25. The van der Waals surface area contributed by atoms with Gasteiger partial charge in [-0.2, -0.15) is 0 Å². The fraction of sp³-hybridized carbons (Fsp3) is 0.381. The Balaban J connectivity index is 1.56. The first-order valence-corrected chi connectivity index (χ1v) is 11.8. The maximum atomic E-state index is 13.3. The fourth-order valence-electron chi connectivity index (χ4n) is 4.47. The fourth-order valence-corrected chi connectivity index (χ4v) is 5.77. The number of aryl methyl sites for hydroxylation is 1. The largest absolute Gasteiger partial charge is 0.465 e. The van der Waals surface area contributed by atoms with Crippen molar-refractivity contribution in [2.75, 3.05) is 31.1 Å². The molecule has 10 nitrogen and oxygen atoms in total. The van der Waals surface area contributed by atoms with Crippen molar-refractivity contribution in [1.29, 1.82) is 0 Å². The zero-order chi connectivity index (χ0) is 22.5.